The van der Waals surface area contributed by atoms with E-state index in [-0.39, 0.29) is 5.41 Å². The lowest BCUT2D eigenvalue weighted by Gasteiger charge is -2.56. The summed E-state index contributed by atoms with van der Waals surface area (Å²) in [6, 6.07) is 0. The first kappa shape index (κ1) is 10.9. The molecular formula is C13H18N4S. The van der Waals surface area contributed by atoms with Crippen molar-refractivity contribution < 1.29 is 0 Å². The van der Waals surface area contributed by atoms with Gasteiger partial charge in [0.1, 0.15) is 5.82 Å². The average molecular weight is 262 g/mol. The van der Waals surface area contributed by atoms with Crippen LogP contribution < -0.4 is 5.73 Å². The Bertz CT molecular complexity index is 515. The molecule has 0 unspecified atom stereocenters. The van der Waals surface area contributed by atoms with Crippen LogP contribution >= 0.6 is 12.2 Å². The van der Waals surface area contributed by atoms with E-state index in [1.165, 1.54) is 38.5 Å². The molecular weight excluding hydrogens is 244 g/mol. The number of hydrogen-bond acceptors (Lipinski definition) is 4. The number of nitrogens with two attached hydrogens (primary N) is 1. The van der Waals surface area contributed by atoms with Crippen molar-refractivity contribution in [1.29, 1.82) is 0 Å². The van der Waals surface area contributed by atoms with Crippen molar-refractivity contribution >= 4 is 18.2 Å². The Hall–Kier alpha value is -0.970. The molecule has 1 aromatic rings. The molecule has 0 amide bonds. The Balaban J connectivity index is 1.81. The number of aromatic amines is 1. The van der Waals surface area contributed by atoms with E-state index >= 15 is 0 Å². The number of rotatable bonds is 1. The number of nitrogen functional groups attached to an aromatic ring is 1. The van der Waals surface area contributed by atoms with Gasteiger partial charge < -0.3 is 10.7 Å². The third-order valence-electron chi connectivity index (χ3n) is 5.21. The molecule has 4 bridgehead atoms. The molecule has 0 saturated heterocycles. The standard InChI is InChI=1S/C13H18N4S/c14-11-15-10(16-12(18)17-11)13-4-7-1-8(5-13)3-9(2-7)6-13/h7-9H,1-6H2,(H3,14,15,16,17,18). The fourth-order valence-electron chi connectivity index (χ4n) is 5.05. The van der Waals surface area contributed by atoms with Gasteiger partial charge in [0, 0.05) is 5.41 Å². The molecule has 4 fully saturated rings. The minimum Gasteiger partial charge on any atom is -0.369 e. The molecule has 0 radical (unpaired) electrons. The van der Waals surface area contributed by atoms with Gasteiger partial charge in [0.25, 0.3) is 0 Å². The van der Waals surface area contributed by atoms with Crippen LogP contribution in [0.25, 0.3) is 0 Å². The number of nitrogens with zero attached hydrogens (tertiary/aromatic N) is 2. The lowest BCUT2D eigenvalue weighted by Crippen LogP contribution is -2.49. The summed E-state index contributed by atoms with van der Waals surface area (Å²) in [6.07, 6.45) is 8.09. The van der Waals surface area contributed by atoms with Gasteiger partial charge in [-0.15, -0.1) is 0 Å². The summed E-state index contributed by atoms with van der Waals surface area (Å²) < 4.78 is 0.386. The molecule has 1 aromatic heterocycles. The van der Waals surface area contributed by atoms with Crippen LogP contribution in [0.5, 0.6) is 0 Å². The van der Waals surface area contributed by atoms with Crippen LogP contribution in [0.2, 0.25) is 0 Å². The van der Waals surface area contributed by atoms with E-state index in [2.05, 4.69) is 15.0 Å². The summed E-state index contributed by atoms with van der Waals surface area (Å²) in [5, 5.41) is 0. The molecule has 4 nitrogen and oxygen atoms in total. The summed E-state index contributed by atoms with van der Waals surface area (Å²) >= 11 is 5.12. The maximum absolute atomic E-state index is 5.80. The molecule has 4 aliphatic rings. The summed E-state index contributed by atoms with van der Waals surface area (Å²) in [5.74, 6) is 4.12. The first-order valence-electron chi connectivity index (χ1n) is 6.87. The van der Waals surface area contributed by atoms with Crippen molar-refractivity contribution in [3.05, 3.63) is 10.6 Å². The molecule has 1 heterocycles. The highest BCUT2D eigenvalue weighted by molar-refractivity contribution is 7.71. The molecule has 0 aliphatic heterocycles. The maximum Gasteiger partial charge on any atom is 0.224 e. The molecule has 0 atom stereocenters. The molecule has 3 N–H and O–H groups in total. The molecule has 5 heteroatoms. The van der Waals surface area contributed by atoms with Crippen molar-refractivity contribution in [3.8, 4) is 0 Å². The minimum atomic E-state index is 0.222. The molecule has 96 valence electrons. The normalized spacial score (nSPS) is 41.2. The van der Waals surface area contributed by atoms with Gasteiger partial charge in [0.15, 0.2) is 0 Å². The average Bonchev–Trinajstić information content (AvgIpc) is 2.25. The molecule has 0 spiro atoms. The van der Waals surface area contributed by atoms with E-state index in [1.807, 2.05) is 0 Å². The van der Waals surface area contributed by atoms with Crippen LogP contribution in [0.15, 0.2) is 0 Å². The predicted molar refractivity (Wildman–Crippen MR) is 71.5 cm³/mol. The topological polar surface area (TPSA) is 67.6 Å². The van der Waals surface area contributed by atoms with Gasteiger partial charge in [-0.05, 0) is 68.5 Å². The highest BCUT2D eigenvalue weighted by Crippen LogP contribution is 2.60. The van der Waals surface area contributed by atoms with Gasteiger partial charge in [0.2, 0.25) is 10.7 Å². The van der Waals surface area contributed by atoms with Crippen molar-refractivity contribution in [2.24, 2.45) is 17.8 Å². The Kier molecular flexibility index (Phi) is 2.14. The van der Waals surface area contributed by atoms with Gasteiger partial charge in [-0.25, -0.2) is 4.98 Å². The molecule has 4 aliphatic carbocycles. The van der Waals surface area contributed by atoms with Crippen LogP contribution in [0.3, 0.4) is 0 Å². The van der Waals surface area contributed by atoms with Crippen LogP contribution in [0, 0.1) is 22.5 Å². The largest absolute Gasteiger partial charge is 0.369 e. The van der Waals surface area contributed by atoms with E-state index in [4.69, 9.17) is 18.0 Å². The second-order valence-electron chi connectivity index (χ2n) is 6.56. The van der Waals surface area contributed by atoms with Gasteiger partial charge in [-0.3, -0.25) is 0 Å². The van der Waals surface area contributed by atoms with Crippen molar-refractivity contribution in [2.75, 3.05) is 5.73 Å². The van der Waals surface area contributed by atoms with Crippen LogP contribution in [0.4, 0.5) is 5.95 Å². The molecule has 4 saturated carbocycles. The highest BCUT2D eigenvalue weighted by atomic mass is 32.1. The van der Waals surface area contributed by atoms with Crippen molar-refractivity contribution in [2.45, 2.75) is 43.9 Å². The number of hydrogen-bond donors (Lipinski definition) is 2. The van der Waals surface area contributed by atoms with Crippen molar-refractivity contribution in [1.82, 2.24) is 15.0 Å². The summed E-state index contributed by atoms with van der Waals surface area (Å²) in [7, 11) is 0. The Labute approximate surface area is 111 Å². The zero-order chi connectivity index (χ0) is 12.3. The van der Waals surface area contributed by atoms with E-state index in [0.29, 0.717) is 10.7 Å². The molecule has 5 rings (SSSR count). The van der Waals surface area contributed by atoms with Gasteiger partial charge >= 0.3 is 0 Å². The van der Waals surface area contributed by atoms with Crippen LogP contribution in [-0.4, -0.2) is 15.0 Å². The summed E-state index contributed by atoms with van der Waals surface area (Å²) in [5.41, 5.74) is 6.03. The maximum atomic E-state index is 5.80. The summed E-state index contributed by atoms with van der Waals surface area (Å²) in [4.78, 5) is 11.7. The first-order valence-corrected chi connectivity index (χ1v) is 7.28. The van der Waals surface area contributed by atoms with E-state index in [1.54, 1.807) is 0 Å². The van der Waals surface area contributed by atoms with Crippen molar-refractivity contribution in [3.63, 3.8) is 0 Å². The lowest BCUT2D eigenvalue weighted by molar-refractivity contribution is -0.00947. The minimum absolute atomic E-state index is 0.222. The quantitative estimate of drug-likeness (QED) is 0.763. The number of aromatic nitrogens is 3. The fourth-order valence-corrected chi connectivity index (χ4v) is 5.24. The van der Waals surface area contributed by atoms with Gasteiger partial charge in [-0.2, -0.15) is 4.98 Å². The third-order valence-corrected chi connectivity index (χ3v) is 5.39. The van der Waals surface area contributed by atoms with Gasteiger partial charge in [0.05, 0.1) is 0 Å². The molecule has 18 heavy (non-hydrogen) atoms. The lowest BCUT2D eigenvalue weighted by atomic mass is 9.49. The monoisotopic (exact) mass is 262 g/mol. The summed E-state index contributed by atoms with van der Waals surface area (Å²) in [6.45, 7) is 0. The SMILES string of the molecule is Nc1nc(=S)nc(C23CC4CC(CC(C4)C2)C3)[nH]1. The zero-order valence-corrected chi connectivity index (χ0v) is 11.2. The highest BCUT2D eigenvalue weighted by Gasteiger charge is 2.52. The van der Waals surface area contributed by atoms with E-state index in [9.17, 15) is 0 Å². The molecule has 0 aromatic carbocycles. The Morgan fingerprint density at radius 1 is 1.06 bits per heavy atom. The fraction of sp³-hybridized carbons (Fsp3) is 0.769. The first-order chi connectivity index (χ1) is 8.63. The number of H-pyrrole nitrogens is 1. The Morgan fingerprint density at radius 2 is 1.61 bits per heavy atom. The van der Waals surface area contributed by atoms with E-state index < -0.39 is 0 Å². The smallest absolute Gasteiger partial charge is 0.224 e. The Morgan fingerprint density at radius 3 is 2.11 bits per heavy atom. The second-order valence-corrected chi connectivity index (χ2v) is 6.93. The van der Waals surface area contributed by atoms with E-state index in [0.717, 1.165) is 23.6 Å². The third kappa shape index (κ3) is 1.53. The van der Waals surface area contributed by atoms with Crippen LogP contribution in [-0.2, 0) is 5.41 Å². The van der Waals surface area contributed by atoms with Crippen LogP contribution in [0.1, 0.15) is 44.3 Å². The van der Waals surface area contributed by atoms with Gasteiger partial charge in [-0.1, -0.05) is 0 Å². The zero-order valence-electron chi connectivity index (χ0n) is 10.4. The number of nitrogens with one attached hydrogen (secondary N) is 1. The second kappa shape index (κ2) is 3.53. The number of anilines is 1. The predicted octanol–water partition coefficient (Wildman–Crippen LogP) is 2.58.